The Hall–Kier alpha value is -2.26. The van der Waals surface area contributed by atoms with E-state index in [1.54, 1.807) is 42.9 Å². The van der Waals surface area contributed by atoms with Crippen molar-refractivity contribution in [1.82, 2.24) is 20.1 Å². The number of carbonyl (C=O) groups excluding carboxylic acids is 2. The van der Waals surface area contributed by atoms with E-state index in [-0.39, 0.29) is 11.8 Å². The molecular formula is C16H21N5O3S. The van der Waals surface area contributed by atoms with Gasteiger partial charge >= 0.3 is 0 Å². The number of thiazole rings is 1. The Morgan fingerprint density at radius 3 is 3.00 bits per heavy atom. The van der Waals surface area contributed by atoms with E-state index in [4.69, 9.17) is 4.74 Å². The maximum absolute atomic E-state index is 12.7. The first kappa shape index (κ1) is 17.6. The average molecular weight is 363 g/mol. The van der Waals surface area contributed by atoms with Gasteiger partial charge in [-0.2, -0.15) is 5.10 Å². The zero-order valence-corrected chi connectivity index (χ0v) is 15.3. The SMILES string of the molecule is COCc1nc(C)c(C(=O)N[C@H]2CCCN(c3ccn(C)n3)C2=O)s1. The molecule has 3 heterocycles. The summed E-state index contributed by atoms with van der Waals surface area (Å²) in [6.45, 7) is 2.77. The van der Waals surface area contributed by atoms with Gasteiger partial charge in [0.15, 0.2) is 5.82 Å². The molecule has 1 saturated heterocycles. The Morgan fingerprint density at radius 1 is 1.52 bits per heavy atom. The zero-order chi connectivity index (χ0) is 18.0. The molecular weight excluding hydrogens is 342 g/mol. The second-order valence-corrected chi connectivity index (χ2v) is 7.04. The van der Waals surface area contributed by atoms with E-state index in [2.05, 4.69) is 15.4 Å². The van der Waals surface area contributed by atoms with Gasteiger partial charge in [-0.1, -0.05) is 0 Å². The Balaban J connectivity index is 1.71. The molecule has 2 aromatic heterocycles. The number of hydrogen-bond donors (Lipinski definition) is 1. The smallest absolute Gasteiger partial charge is 0.263 e. The van der Waals surface area contributed by atoms with E-state index in [9.17, 15) is 9.59 Å². The van der Waals surface area contributed by atoms with Crippen molar-refractivity contribution in [2.45, 2.75) is 32.4 Å². The summed E-state index contributed by atoms with van der Waals surface area (Å²) in [7, 11) is 3.39. The number of ether oxygens (including phenoxy) is 1. The van der Waals surface area contributed by atoms with E-state index in [1.807, 2.05) is 0 Å². The van der Waals surface area contributed by atoms with Crippen molar-refractivity contribution in [3.05, 3.63) is 27.8 Å². The number of carbonyl (C=O) groups is 2. The lowest BCUT2D eigenvalue weighted by Gasteiger charge is -2.31. The molecule has 0 aromatic carbocycles. The van der Waals surface area contributed by atoms with Crippen LogP contribution in [0.3, 0.4) is 0 Å². The molecule has 0 aliphatic carbocycles. The molecule has 0 spiro atoms. The highest BCUT2D eigenvalue weighted by Crippen LogP contribution is 2.22. The first-order valence-electron chi connectivity index (χ1n) is 8.06. The van der Waals surface area contributed by atoms with Crippen molar-refractivity contribution in [1.29, 1.82) is 0 Å². The normalized spacial score (nSPS) is 17.8. The van der Waals surface area contributed by atoms with E-state index < -0.39 is 6.04 Å². The van der Waals surface area contributed by atoms with Crippen molar-refractivity contribution in [2.24, 2.45) is 7.05 Å². The number of hydrogen-bond acceptors (Lipinski definition) is 6. The van der Waals surface area contributed by atoms with E-state index >= 15 is 0 Å². The molecule has 0 radical (unpaired) electrons. The third-order valence-electron chi connectivity index (χ3n) is 4.03. The quantitative estimate of drug-likeness (QED) is 0.864. The number of rotatable bonds is 5. The van der Waals surface area contributed by atoms with Crippen LogP contribution in [0, 0.1) is 6.92 Å². The molecule has 1 aliphatic heterocycles. The molecule has 8 nitrogen and oxygen atoms in total. The third-order valence-corrected chi connectivity index (χ3v) is 5.16. The molecule has 1 N–H and O–H groups in total. The largest absolute Gasteiger partial charge is 0.378 e. The number of aromatic nitrogens is 3. The van der Waals surface area contributed by atoms with Crippen molar-refractivity contribution >= 4 is 29.0 Å². The summed E-state index contributed by atoms with van der Waals surface area (Å²) in [5.74, 6) is 0.221. The van der Waals surface area contributed by atoms with Crippen LogP contribution < -0.4 is 10.2 Å². The number of nitrogens with zero attached hydrogens (tertiary/aromatic N) is 4. The van der Waals surface area contributed by atoms with Crippen LogP contribution >= 0.6 is 11.3 Å². The second kappa shape index (κ2) is 7.32. The molecule has 1 atom stereocenters. The van der Waals surface area contributed by atoms with Crippen molar-refractivity contribution in [3.63, 3.8) is 0 Å². The Bertz CT molecular complexity index is 785. The zero-order valence-electron chi connectivity index (χ0n) is 14.5. The minimum Gasteiger partial charge on any atom is -0.378 e. The highest BCUT2D eigenvalue weighted by Gasteiger charge is 2.32. The lowest BCUT2D eigenvalue weighted by molar-refractivity contribution is -0.121. The van der Waals surface area contributed by atoms with Gasteiger partial charge in [-0.3, -0.25) is 19.2 Å². The van der Waals surface area contributed by atoms with Crippen LogP contribution in [0.2, 0.25) is 0 Å². The molecule has 9 heteroatoms. The third kappa shape index (κ3) is 3.72. The van der Waals surface area contributed by atoms with E-state index in [0.29, 0.717) is 36.0 Å². The van der Waals surface area contributed by atoms with Crippen molar-refractivity contribution in [3.8, 4) is 0 Å². The minimum absolute atomic E-state index is 0.127. The summed E-state index contributed by atoms with van der Waals surface area (Å²) in [6, 6.07) is 1.25. The predicted molar refractivity (Wildman–Crippen MR) is 93.6 cm³/mol. The first-order chi connectivity index (χ1) is 12.0. The lowest BCUT2D eigenvalue weighted by atomic mass is 10.0. The Morgan fingerprint density at radius 2 is 2.32 bits per heavy atom. The monoisotopic (exact) mass is 363 g/mol. The van der Waals surface area contributed by atoms with Crippen molar-refractivity contribution in [2.75, 3.05) is 18.6 Å². The number of piperidine rings is 1. The maximum Gasteiger partial charge on any atom is 0.263 e. The minimum atomic E-state index is -0.546. The molecule has 3 rings (SSSR count). The van der Waals surface area contributed by atoms with Gasteiger partial charge in [0.2, 0.25) is 0 Å². The van der Waals surface area contributed by atoms with Gasteiger partial charge in [0.25, 0.3) is 11.8 Å². The predicted octanol–water partition coefficient (Wildman–Crippen LogP) is 1.26. The van der Waals surface area contributed by atoms with E-state index in [0.717, 1.165) is 11.4 Å². The molecule has 134 valence electrons. The van der Waals surface area contributed by atoms with E-state index in [1.165, 1.54) is 11.3 Å². The van der Waals surface area contributed by atoms with Crippen LogP contribution in [0.4, 0.5) is 5.82 Å². The van der Waals surface area contributed by atoms with Crippen LogP contribution in [0.25, 0.3) is 0 Å². The fraction of sp³-hybridized carbons (Fsp3) is 0.500. The number of nitrogens with one attached hydrogen (secondary N) is 1. The van der Waals surface area contributed by atoms with Gasteiger partial charge in [0, 0.05) is 33.0 Å². The topological polar surface area (TPSA) is 89.3 Å². The summed E-state index contributed by atoms with van der Waals surface area (Å²) in [5, 5.41) is 7.88. The maximum atomic E-state index is 12.7. The van der Waals surface area contributed by atoms with Crippen molar-refractivity contribution < 1.29 is 14.3 Å². The fourth-order valence-corrected chi connectivity index (χ4v) is 3.80. The molecule has 25 heavy (non-hydrogen) atoms. The average Bonchev–Trinajstić information content (AvgIpc) is 3.15. The van der Waals surface area contributed by atoms with Gasteiger partial charge in [0.05, 0.1) is 12.3 Å². The fourth-order valence-electron chi connectivity index (χ4n) is 2.86. The number of methoxy groups -OCH3 is 1. The highest BCUT2D eigenvalue weighted by molar-refractivity contribution is 7.13. The Kier molecular flexibility index (Phi) is 5.14. The molecule has 1 fully saturated rings. The number of amides is 2. The highest BCUT2D eigenvalue weighted by atomic mass is 32.1. The van der Waals surface area contributed by atoms with Gasteiger partial charge in [-0.15, -0.1) is 11.3 Å². The standard InChI is InChI=1S/C16H21N5O3S/c1-10-14(25-13(17-10)9-24-3)15(22)18-11-5-4-7-21(16(11)23)12-6-8-20(2)19-12/h6,8,11H,4-5,7,9H2,1-3H3,(H,18,22)/t11-/m0/s1. The molecule has 0 saturated carbocycles. The van der Waals surface area contributed by atoms with Crippen LogP contribution in [0.5, 0.6) is 0 Å². The molecule has 2 aromatic rings. The summed E-state index contributed by atoms with van der Waals surface area (Å²) in [6.07, 6.45) is 3.23. The number of aryl methyl sites for hydroxylation is 2. The molecule has 2 amide bonds. The Labute approximate surface area is 149 Å². The van der Waals surface area contributed by atoms with Crippen LogP contribution in [0.1, 0.15) is 33.2 Å². The molecule has 1 aliphatic rings. The summed E-state index contributed by atoms with van der Waals surface area (Å²) < 4.78 is 6.71. The summed E-state index contributed by atoms with van der Waals surface area (Å²) >= 11 is 1.29. The van der Waals surface area contributed by atoms with Crippen LogP contribution in [0.15, 0.2) is 12.3 Å². The van der Waals surface area contributed by atoms with Gasteiger partial charge in [-0.05, 0) is 19.8 Å². The number of anilines is 1. The van der Waals surface area contributed by atoms with Gasteiger partial charge < -0.3 is 10.1 Å². The van der Waals surface area contributed by atoms with Crippen LogP contribution in [-0.4, -0.2) is 46.3 Å². The summed E-state index contributed by atoms with van der Waals surface area (Å²) in [5.41, 5.74) is 0.652. The first-order valence-corrected chi connectivity index (χ1v) is 8.88. The lowest BCUT2D eigenvalue weighted by Crippen LogP contribution is -2.52. The van der Waals surface area contributed by atoms with Gasteiger partial charge in [0.1, 0.15) is 15.9 Å². The summed E-state index contributed by atoms with van der Waals surface area (Å²) in [4.78, 5) is 31.8. The molecule has 0 bridgehead atoms. The second-order valence-electron chi connectivity index (χ2n) is 5.96. The van der Waals surface area contributed by atoms with Crippen LogP contribution in [-0.2, 0) is 23.2 Å². The van der Waals surface area contributed by atoms with Gasteiger partial charge in [-0.25, -0.2) is 4.98 Å². The molecule has 0 unspecified atom stereocenters.